The van der Waals surface area contributed by atoms with Crippen molar-refractivity contribution >= 4 is 21.8 Å². The lowest BCUT2D eigenvalue weighted by Crippen LogP contribution is -2.38. The molecule has 0 aliphatic heterocycles. The summed E-state index contributed by atoms with van der Waals surface area (Å²) in [6.07, 6.45) is 1.95. The molecular weight excluding hydrogens is 287 g/mol. The quantitative estimate of drug-likeness (QED) is 0.784. The van der Waals surface area contributed by atoms with Crippen LogP contribution < -0.4 is 0 Å². The Bertz CT molecular complexity index is 367. The average molecular weight is 303 g/mol. The number of pyridine rings is 1. The third-order valence-electron chi connectivity index (χ3n) is 2.36. The van der Waals surface area contributed by atoms with Crippen molar-refractivity contribution in [3.63, 3.8) is 0 Å². The SMILES string of the molecule is CC(C)N(CCCBr)C(=O)c1ccc(F)cn1. The van der Waals surface area contributed by atoms with Crippen molar-refractivity contribution in [3.8, 4) is 0 Å². The highest BCUT2D eigenvalue weighted by Gasteiger charge is 2.19. The lowest BCUT2D eigenvalue weighted by atomic mass is 10.2. The van der Waals surface area contributed by atoms with Gasteiger partial charge in [0.2, 0.25) is 0 Å². The second-order valence-electron chi connectivity index (χ2n) is 4.00. The summed E-state index contributed by atoms with van der Waals surface area (Å²) >= 11 is 3.34. The molecule has 0 aromatic carbocycles. The Morgan fingerprint density at radius 1 is 1.53 bits per heavy atom. The molecule has 0 saturated carbocycles. The van der Waals surface area contributed by atoms with E-state index in [9.17, 15) is 9.18 Å². The van der Waals surface area contributed by atoms with E-state index in [0.717, 1.165) is 17.9 Å². The Hall–Kier alpha value is -0.970. The zero-order valence-electron chi connectivity index (χ0n) is 9.99. The summed E-state index contributed by atoms with van der Waals surface area (Å²) in [4.78, 5) is 17.7. The standard InChI is InChI=1S/C12H16BrFN2O/c1-9(2)16(7-3-6-13)12(17)11-5-4-10(14)8-15-11/h4-5,8-9H,3,6-7H2,1-2H3. The van der Waals surface area contributed by atoms with Crippen LogP contribution in [0.5, 0.6) is 0 Å². The van der Waals surface area contributed by atoms with E-state index in [0.29, 0.717) is 6.54 Å². The van der Waals surface area contributed by atoms with Gasteiger partial charge >= 0.3 is 0 Å². The van der Waals surface area contributed by atoms with Crippen LogP contribution in [0, 0.1) is 5.82 Å². The number of carbonyl (C=O) groups is 1. The number of halogens is 2. The summed E-state index contributed by atoms with van der Waals surface area (Å²) in [5, 5.41) is 0.848. The summed E-state index contributed by atoms with van der Waals surface area (Å²) in [7, 11) is 0. The zero-order valence-corrected chi connectivity index (χ0v) is 11.6. The van der Waals surface area contributed by atoms with Gasteiger partial charge in [-0.2, -0.15) is 0 Å². The van der Waals surface area contributed by atoms with Gasteiger partial charge in [0.1, 0.15) is 11.5 Å². The number of nitrogens with zero attached hydrogens (tertiary/aromatic N) is 2. The average Bonchev–Trinajstić information content (AvgIpc) is 2.29. The van der Waals surface area contributed by atoms with Gasteiger partial charge in [-0.1, -0.05) is 15.9 Å². The molecular formula is C12H16BrFN2O. The molecule has 1 aromatic heterocycles. The fourth-order valence-corrected chi connectivity index (χ4v) is 1.72. The van der Waals surface area contributed by atoms with Crippen LogP contribution in [0.1, 0.15) is 30.8 Å². The third-order valence-corrected chi connectivity index (χ3v) is 2.92. The van der Waals surface area contributed by atoms with Crippen molar-refractivity contribution in [3.05, 3.63) is 29.8 Å². The first-order valence-electron chi connectivity index (χ1n) is 5.54. The predicted octanol–water partition coefficient (Wildman–Crippen LogP) is 2.86. The highest BCUT2D eigenvalue weighted by Crippen LogP contribution is 2.08. The molecule has 0 aliphatic carbocycles. The summed E-state index contributed by atoms with van der Waals surface area (Å²) in [5.41, 5.74) is 0.287. The zero-order chi connectivity index (χ0) is 12.8. The molecule has 0 aliphatic rings. The largest absolute Gasteiger partial charge is 0.335 e. The number of aromatic nitrogens is 1. The van der Waals surface area contributed by atoms with Gasteiger partial charge in [0.15, 0.2) is 0 Å². The van der Waals surface area contributed by atoms with Crippen LogP contribution in [0.25, 0.3) is 0 Å². The van der Waals surface area contributed by atoms with E-state index < -0.39 is 5.82 Å². The fraction of sp³-hybridized carbons (Fsp3) is 0.500. The summed E-state index contributed by atoms with van der Waals surface area (Å²) in [5.74, 6) is -0.584. The topological polar surface area (TPSA) is 33.2 Å². The summed E-state index contributed by atoms with van der Waals surface area (Å²) in [6, 6.07) is 2.78. The van der Waals surface area contributed by atoms with Gasteiger partial charge in [-0.15, -0.1) is 0 Å². The number of rotatable bonds is 5. The van der Waals surface area contributed by atoms with Crippen LogP contribution in [0.2, 0.25) is 0 Å². The number of carbonyl (C=O) groups excluding carboxylic acids is 1. The van der Waals surface area contributed by atoms with Crippen LogP contribution in [0.4, 0.5) is 4.39 Å². The van der Waals surface area contributed by atoms with Gasteiger partial charge in [0.25, 0.3) is 5.91 Å². The molecule has 0 saturated heterocycles. The maximum Gasteiger partial charge on any atom is 0.272 e. The van der Waals surface area contributed by atoms with Gasteiger partial charge in [-0.25, -0.2) is 9.37 Å². The molecule has 1 aromatic rings. The number of amides is 1. The lowest BCUT2D eigenvalue weighted by Gasteiger charge is -2.26. The molecule has 0 unspecified atom stereocenters. The van der Waals surface area contributed by atoms with Crippen LogP contribution in [0.3, 0.4) is 0 Å². The predicted molar refractivity (Wildman–Crippen MR) is 68.8 cm³/mol. The van der Waals surface area contributed by atoms with E-state index in [-0.39, 0.29) is 17.6 Å². The molecule has 1 rings (SSSR count). The molecule has 3 nitrogen and oxygen atoms in total. The minimum Gasteiger partial charge on any atom is -0.335 e. The van der Waals surface area contributed by atoms with Crippen molar-refractivity contribution in [1.82, 2.24) is 9.88 Å². The third kappa shape index (κ3) is 4.07. The first-order chi connectivity index (χ1) is 8.06. The molecule has 5 heteroatoms. The molecule has 0 fully saturated rings. The van der Waals surface area contributed by atoms with E-state index in [1.54, 1.807) is 4.90 Å². The Labute approximate surface area is 109 Å². The van der Waals surface area contributed by atoms with Crippen LogP contribution in [0.15, 0.2) is 18.3 Å². The number of hydrogen-bond acceptors (Lipinski definition) is 2. The molecule has 0 radical (unpaired) electrons. The highest BCUT2D eigenvalue weighted by atomic mass is 79.9. The molecule has 0 spiro atoms. The van der Waals surface area contributed by atoms with Gasteiger partial charge in [0, 0.05) is 17.9 Å². The monoisotopic (exact) mass is 302 g/mol. The first kappa shape index (κ1) is 14.1. The summed E-state index contributed by atoms with van der Waals surface area (Å²) in [6.45, 7) is 4.58. The van der Waals surface area contributed by atoms with Crippen molar-refractivity contribution in [2.45, 2.75) is 26.3 Å². The number of alkyl halides is 1. The maximum atomic E-state index is 12.7. The van der Waals surface area contributed by atoms with Crippen LogP contribution in [-0.4, -0.2) is 33.7 Å². The van der Waals surface area contributed by atoms with Gasteiger partial charge in [0.05, 0.1) is 6.20 Å². The molecule has 0 atom stereocenters. The molecule has 1 amide bonds. The molecule has 94 valence electrons. The Morgan fingerprint density at radius 3 is 2.71 bits per heavy atom. The van der Waals surface area contributed by atoms with Crippen molar-refractivity contribution in [2.24, 2.45) is 0 Å². The van der Waals surface area contributed by atoms with E-state index in [1.807, 2.05) is 13.8 Å². The van der Waals surface area contributed by atoms with Crippen LogP contribution >= 0.6 is 15.9 Å². The van der Waals surface area contributed by atoms with Crippen LogP contribution in [-0.2, 0) is 0 Å². The molecule has 17 heavy (non-hydrogen) atoms. The van der Waals surface area contributed by atoms with Gasteiger partial charge in [-0.05, 0) is 32.4 Å². The molecule has 0 N–H and O–H groups in total. The Balaban J connectivity index is 2.80. The Morgan fingerprint density at radius 2 is 2.24 bits per heavy atom. The van der Waals surface area contributed by atoms with Crippen molar-refractivity contribution < 1.29 is 9.18 Å². The van der Waals surface area contributed by atoms with Gasteiger partial charge < -0.3 is 4.90 Å². The highest BCUT2D eigenvalue weighted by molar-refractivity contribution is 9.09. The number of hydrogen-bond donors (Lipinski definition) is 0. The lowest BCUT2D eigenvalue weighted by molar-refractivity contribution is 0.0700. The van der Waals surface area contributed by atoms with Gasteiger partial charge in [-0.3, -0.25) is 4.79 Å². The first-order valence-corrected chi connectivity index (χ1v) is 6.67. The van der Waals surface area contributed by atoms with Crippen molar-refractivity contribution in [2.75, 3.05) is 11.9 Å². The molecule has 1 heterocycles. The normalized spacial score (nSPS) is 10.6. The smallest absolute Gasteiger partial charge is 0.272 e. The fourth-order valence-electron chi connectivity index (χ4n) is 1.47. The minimum atomic E-state index is -0.432. The molecule has 0 bridgehead atoms. The van der Waals surface area contributed by atoms with Crippen molar-refractivity contribution in [1.29, 1.82) is 0 Å². The van der Waals surface area contributed by atoms with E-state index in [4.69, 9.17) is 0 Å². The second-order valence-corrected chi connectivity index (χ2v) is 4.79. The maximum absolute atomic E-state index is 12.7. The summed E-state index contributed by atoms with van der Waals surface area (Å²) < 4.78 is 12.7. The minimum absolute atomic E-state index is 0.105. The Kier molecular flexibility index (Phi) is 5.55. The van der Waals surface area contributed by atoms with E-state index in [1.165, 1.54) is 12.1 Å². The second kappa shape index (κ2) is 6.69. The van der Waals surface area contributed by atoms with E-state index in [2.05, 4.69) is 20.9 Å². The van der Waals surface area contributed by atoms with E-state index >= 15 is 0 Å².